The second-order valence-electron chi connectivity index (χ2n) is 7.26. The highest BCUT2D eigenvalue weighted by molar-refractivity contribution is 6.06. The fourth-order valence-corrected chi connectivity index (χ4v) is 2.67. The van der Waals surface area contributed by atoms with Crippen LogP contribution in [0.3, 0.4) is 0 Å². The van der Waals surface area contributed by atoms with Crippen LogP contribution in [0.25, 0.3) is 0 Å². The summed E-state index contributed by atoms with van der Waals surface area (Å²) in [7, 11) is 1.86. The molecule has 2 aromatic rings. The Morgan fingerprint density at radius 1 is 0.920 bits per heavy atom. The Bertz CT molecular complexity index is 731. The molecule has 2 rings (SSSR count). The molecule has 2 amide bonds. The second-order valence-corrected chi connectivity index (χ2v) is 7.26. The van der Waals surface area contributed by atoms with Gasteiger partial charge >= 0.3 is 0 Å². The Balaban J connectivity index is 2.22. The number of benzene rings is 2. The Hall–Kier alpha value is -2.62. The molecule has 0 aliphatic rings. The topological polar surface area (TPSA) is 40.6 Å². The van der Waals surface area contributed by atoms with Gasteiger partial charge in [-0.05, 0) is 52.0 Å². The lowest BCUT2D eigenvalue weighted by Crippen LogP contribution is -2.52. The molecule has 0 unspecified atom stereocenters. The van der Waals surface area contributed by atoms with Gasteiger partial charge in [0.2, 0.25) is 5.91 Å². The molecule has 25 heavy (non-hydrogen) atoms. The van der Waals surface area contributed by atoms with E-state index < -0.39 is 5.54 Å². The van der Waals surface area contributed by atoms with Gasteiger partial charge in [-0.15, -0.1) is 0 Å². The first-order chi connectivity index (χ1) is 11.7. The van der Waals surface area contributed by atoms with E-state index in [0.717, 1.165) is 5.69 Å². The summed E-state index contributed by atoms with van der Waals surface area (Å²) in [6, 6.07) is 16.9. The van der Waals surface area contributed by atoms with E-state index in [1.54, 1.807) is 24.3 Å². The number of aryl methyl sites for hydroxylation is 1. The van der Waals surface area contributed by atoms with Crippen LogP contribution in [0.5, 0.6) is 0 Å². The molecule has 0 fully saturated rings. The van der Waals surface area contributed by atoms with Crippen LogP contribution in [0.4, 0.5) is 5.69 Å². The van der Waals surface area contributed by atoms with E-state index in [9.17, 15) is 9.59 Å². The van der Waals surface area contributed by atoms with Gasteiger partial charge in [-0.25, -0.2) is 0 Å². The lowest BCUT2D eigenvalue weighted by Gasteiger charge is -2.35. The molecule has 0 bridgehead atoms. The molecule has 0 N–H and O–H groups in total. The minimum atomic E-state index is -0.599. The number of amides is 2. The van der Waals surface area contributed by atoms with Gasteiger partial charge in [0.15, 0.2) is 0 Å². The predicted molar refractivity (Wildman–Crippen MR) is 102 cm³/mol. The molecule has 0 aliphatic heterocycles. The van der Waals surface area contributed by atoms with Crippen molar-refractivity contribution in [2.45, 2.75) is 33.2 Å². The lowest BCUT2D eigenvalue weighted by molar-refractivity contribution is -0.130. The fraction of sp³-hybridized carbons (Fsp3) is 0.333. The van der Waals surface area contributed by atoms with E-state index in [0.29, 0.717) is 5.56 Å². The summed E-state index contributed by atoms with van der Waals surface area (Å²) in [4.78, 5) is 29.0. The van der Waals surface area contributed by atoms with Gasteiger partial charge < -0.3 is 4.90 Å². The van der Waals surface area contributed by atoms with Crippen LogP contribution in [0.1, 0.15) is 36.7 Å². The standard InChI is InChI=1S/C21H26N2O2/c1-16-11-13-18(14-12-16)22(5)15-19(24)23(21(2,3)4)20(25)17-9-7-6-8-10-17/h6-14H,15H2,1-5H3. The molecular weight excluding hydrogens is 312 g/mol. The van der Waals surface area contributed by atoms with E-state index >= 15 is 0 Å². The maximum atomic E-state index is 12.9. The van der Waals surface area contributed by atoms with Crippen molar-refractivity contribution < 1.29 is 9.59 Å². The molecule has 0 spiro atoms. The average molecular weight is 338 g/mol. The van der Waals surface area contributed by atoms with Crippen molar-refractivity contribution >= 4 is 17.5 Å². The highest BCUT2D eigenvalue weighted by Crippen LogP contribution is 2.20. The van der Waals surface area contributed by atoms with Crippen molar-refractivity contribution in [2.75, 3.05) is 18.5 Å². The van der Waals surface area contributed by atoms with Crippen molar-refractivity contribution in [3.63, 3.8) is 0 Å². The van der Waals surface area contributed by atoms with Crippen LogP contribution < -0.4 is 4.90 Å². The molecule has 0 saturated heterocycles. The minimum Gasteiger partial charge on any atom is -0.365 e. The Morgan fingerprint density at radius 3 is 2.00 bits per heavy atom. The van der Waals surface area contributed by atoms with E-state index in [2.05, 4.69) is 0 Å². The van der Waals surface area contributed by atoms with Gasteiger partial charge in [-0.3, -0.25) is 14.5 Å². The molecule has 132 valence electrons. The molecule has 4 heteroatoms. The van der Waals surface area contributed by atoms with Crippen molar-refractivity contribution in [2.24, 2.45) is 0 Å². The fourth-order valence-electron chi connectivity index (χ4n) is 2.67. The number of hydrogen-bond acceptors (Lipinski definition) is 3. The third-order valence-electron chi connectivity index (χ3n) is 3.99. The third-order valence-corrected chi connectivity index (χ3v) is 3.99. The molecule has 0 heterocycles. The minimum absolute atomic E-state index is 0.138. The van der Waals surface area contributed by atoms with Crippen LogP contribution in [-0.2, 0) is 4.79 Å². The van der Waals surface area contributed by atoms with Gasteiger partial charge in [0.25, 0.3) is 5.91 Å². The zero-order valence-electron chi connectivity index (χ0n) is 15.6. The number of carbonyl (C=O) groups excluding carboxylic acids is 2. The van der Waals surface area contributed by atoms with E-state index in [1.807, 2.05) is 70.0 Å². The van der Waals surface area contributed by atoms with Gasteiger partial charge in [0.1, 0.15) is 0 Å². The lowest BCUT2D eigenvalue weighted by atomic mass is 10.0. The number of hydrogen-bond donors (Lipinski definition) is 0. The average Bonchev–Trinajstić information content (AvgIpc) is 2.54. The number of carbonyl (C=O) groups is 2. The largest absolute Gasteiger partial charge is 0.365 e. The molecule has 2 aromatic carbocycles. The van der Waals surface area contributed by atoms with Crippen LogP contribution in [0.2, 0.25) is 0 Å². The quantitative estimate of drug-likeness (QED) is 0.849. The van der Waals surface area contributed by atoms with Crippen LogP contribution in [0.15, 0.2) is 54.6 Å². The molecule has 0 saturated carbocycles. The van der Waals surface area contributed by atoms with E-state index in [1.165, 1.54) is 10.5 Å². The summed E-state index contributed by atoms with van der Waals surface area (Å²) < 4.78 is 0. The Labute approximate surface area is 150 Å². The first-order valence-electron chi connectivity index (χ1n) is 8.40. The van der Waals surface area contributed by atoms with Crippen LogP contribution in [-0.4, -0.2) is 35.8 Å². The van der Waals surface area contributed by atoms with Gasteiger partial charge in [0.05, 0.1) is 6.54 Å². The van der Waals surface area contributed by atoms with Crippen LogP contribution in [0, 0.1) is 6.92 Å². The van der Waals surface area contributed by atoms with E-state index in [-0.39, 0.29) is 18.4 Å². The molecule has 0 atom stereocenters. The first kappa shape index (κ1) is 18.7. The van der Waals surface area contributed by atoms with Gasteiger partial charge in [-0.2, -0.15) is 0 Å². The first-order valence-corrected chi connectivity index (χ1v) is 8.40. The third kappa shape index (κ3) is 4.69. The summed E-state index contributed by atoms with van der Waals surface area (Å²) in [5, 5.41) is 0. The second kappa shape index (κ2) is 7.51. The molecule has 0 aromatic heterocycles. The Morgan fingerprint density at radius 2 is 1.48 bits per heavy atom. The number of likely N-dealkylation sites (N-methyl/N-ethyl adjacent to an activating group) is 1. The maximum absolute atomic E-state index is 12.9. The number of rotatable bonds is 4. The molecule has 4 nitrogen and oxygen atoms in total. The van der Waals surface area contributed by atoms with Crippen LogP contribution >= 0.6 is 0 Å². The monoisotopic (exact) mass is 338 g/mol. The number of anilines is 1. The predicted octanol–water partition coefficient (Wildman–Crippen LogP) is 3.90. The van der Waals surface area contributed by atoms with Gasteiger partial charge in [-0.1, -0.05) is 35.9 Å². The maximum Gasteiger partial charge on any atom is 0.261 e. The molecule has 0 aliphatic carbocycles. The summed E-state index contributed by atoms with van der Waals surface area (Å²) in [6.07, 6.45) is 0. The van der Waals surface area contributed by atoms with Crippen molar-refractivity contribution in [1.29, 1.82) is 0 Å². The molecule has 0 radical (unpaired) electrons. The summed E-state index contributed by atoms with van der Waals surface area (Å²) in [5.41, 5.74) is 2.03. The highest BCUT2D eigenvalue weighted by Gasteiger charge is 2.33. The highest BCUT2D eigenvalue weighted by atomic mass is 16.2. The number of imide groups is 1. The number of nitrogens with zero attached hydrogens (tertiary/aromatic N) is 2. The zero-order valence-corrected chi connectivity index (χ0v) is 15.6. The SMILES string of the molecule is Cc1ccc(N(C)CC(=O)N(C(=O)c2ccccc2)C(C)(C)C)cc1. The summed E-state index contributed by atoms with van der Waals surface area (Å²) in [5.74, 6) is -0.486. The normalized spacial score (nSPS) is 11.1. The summed E-state index contributed by atoms with van der Waals surface area (Å²) >= 11 is 0. The van der Waals surface area contributed by atoms with Crippen molar-refractivity contribution in [3.05, 3.63) is 65.7 Å². The summed E-state index contributed by atoms with van der Waals surface area (Å²) in [6.45, 7) is 7.78. The van der Waals surface area contributed by atoms with Crippen molar-refractivity contribution in [3.8, 4) is 0 Å². The van der Waals surface area contributed by atoms with Crippen molar-refractivity contribution in [1.82, 2.24) is 4.90 Å². The smallest absolute Gasteiger partial charge is 0.261 e. The Kier molecular flexibility index (Phi) is 5.62. The molecular formula is C21H26N2O2. The zero-order chi connectivity index (χ0) is 18.6. The van der Waals surface area contributed by atoms with Gasteiger partial charge in [0, 0.05) is 23.8 Å². The van der Waals surface area contributed by atoms with E-state index in [4.69, 9.17) is 0 Å².